The number of hydrogen-bond acceptors (Lipinski definition) is 6. The first kappa shape index (κ1) is 25.2. The highest BCUT2D eigenvalue weighted by Crippen LogP contribution is 2.23. The summed E-state index contributed by atoms with van der Waals surface area (Å²) in [4.78, 5) is 8.62. The molecule has 0 amide bonds. The number of nitrogens with zero attached hydrogens (tertiary/aromatic N) is 2. The standard InChI is InChI=1S/C21H30N4O2S2.HI/c1-16-4-5-18(19(12-16)27-15-17-6-9-26-14-17)13-25-20(22-2)23-7-3-10-28-21-24-8-11-29-21;/h4-5,8,11-12,17H,3,6-7,9-10,13-15H2,1-2H3,(H2,22,23,25);1H. The molecule has 1 unspecified atom stereocenters. The van der Waals surface area contributed by atoms with E-state index < -0.39 is 0 Å². The first-order valence-corrected chi connectivity index (χ1v) is 11.9. The highest BCUT2D eigenvalue weighted by Gasteiger charge is 2.17. The number of hydrogen-bond donors (Lipinski definition) is 2. The highest BCUT2D eigenvalue weighted by molar-refractivity contribution is 14.0. The molecule has 0 radical (unpaired) electrons. The molecule has 0 aliphatic carbocycles. The summed E-state index contributed by atoms with van der Waals surface area (Å²) in [6.45, 7) is 5.99. The lowest BCUT2D eigenvalue weighted by atomic mass is 10.1. The Labute approximate surface area is 204 Å². The fraction of sp³-hybridized carbons (Fsp3) is 0.524. The molecule has 0 bridgehead atoms. The quantitative estimate of drug-likeness (QED) is 0.148. The van der Waals surface area contributed by atoms with Crippen molar-refractivity contribution in [3.05, 3.63) is 40.9 Å². The Balaban J connectivity index is 0.00000320. The van der Waals surface area contributed by atoms with Crippen molar-refractivity contribution in [2.24, 2.45) is 10.9 Å². The van der Waals surface area contributed by atoms with Crippen LogP contribution in [0.15, 0.2) is 39.1 Å². The number of ether oxygens (including phenoxy) is 2. The summed E-state index contributed by atoms with van der Waals surface area (Å²) in [5.41, 5.74) is 2.34. The van der Waals surface area contributed by atoms with Gasteiger partial charge in [0.25, 0.3) is 0 Å². The van der Waals surface area contributed by atoms with E-state index in [9.17, 15) is 0 Å². The van der Waals surface area contributed by atoms with E-state index in [2.05, 4.69) is 45.7 Å². The summed E-state index contributed by atoms with van der Waals surface area (Å²) >= 11 is 3.49. The molecular formula is C21H31IN4O2S2. The summed E-state index contributed by atoms with van der Waals surface area (Å²) < 4.78 is 12.7. The molecule has 1 atom stereocenters. The third kappa shape index (κ3) is 8.60. The van der Waals surface area contributed by atoms with Gasteiger partial charge in [0.05, 0.1) is 13.2 Å². The van der Waals surface area contributed by atoms with Gasteiger partial charge in [0.1, 0.15) is 10.1 Å². The Kier molecular flexibility index (Phi) is 11.9. The van der Waals surface area contributed by atoms with Crippen molar-refractivity contribution >= 4 is 53.0 Å². The summed E-state index contributed by atoms with van der Waals surface area (Å²) in [6.07, 6.45) is 3.98. The molecule has 9 heteroatoms. The van der Waals surface area contributed by atoms with Crippen LogP contribution in [0.4, 0.5) is 0 Å². The molecule has 2 aromatic rings. The summed E-state index contributed by atoms with van der Waals surface area (Å²) in [7, 11) is 1.80. The second-order valence-corrected chi connectivity index (χ2v) is 9.24. The molecule has 166 valence electrons. The predicted molar refractivity (Wildman–Crippen MR) is 137 cm³/mol. The molecule has 0 saturated carbocycles. The molecule has 6 nitrogen and oxygen atoms in total. The van der Waals surface area contributed by atoms with E-state index in [1.54, 1.807) is 30.1 Å². The topological polar surface area (TPSA) is 67.8 Å². The maximum absolute atomic E-state index is 6.13. The number of aryl methyl sites for hydroxylation is 1. The van der Waals surface area contributed by atoms with Crippen LogP contribution < -0.4 is 15.4 Å². The second-order valence-electron chi connectivity index (χ2n) is 7.00. The van der Waals surface area contributed by atoms with Crippen molar-refractivity contribution in [1.82, 2.24) is 15.6 Å². The number of thioether (sulfide) groups is 1. The van der Waals surface area contributed by atoms with Crippen molar-refractivity contribution in [2.75, 3.05) is 39.2 Å². The zero-order valence-electron chi connectivity index (χ0n) is 17.6. The van der Waals surface area contributed by atoms with E-state index in [4.69, 9.17) is 9.47 Å². The SMILES string of the molecule is CN=C(NCCCSc1nccs1)NCc1ccc(C)cc1OCC1CCOC1.I. The van der Waals surface area contributed by atoms with Crippen molar-refractivity contribution in [2.45, 2.75) is 30.6 Å². The molecule has 2 heterocycles. The van der Waals surface area contributed by atoms with Gasteiger partial charge in [0.15, 0.2) is 5.96 Å². The third-order valence-corrected chi connectivity index (χ3v) is 6.69. The number of guanidine groups is 1. The minimum absolute atomic E-state index is 0. The molecule has 1 aliphatic heterocycles. The van der Waals surface area contributed by atoms with Gasteiger partial charge < -0.3 is 20.1 Å². The van der Waals surface area contributed by atoms with Gasteiger partial charge in [-0.3, -0.25) is 4.99 Å². The highest BCUT2D eigenvalue weighted by atomic mass is 127. The molecule has 1 aliphatic rings. The van der Waals surface area contributed by atoms with Crippen LogP contribution in [0.25, 0.3) is 0 Å². The molecule has 1 fully saturated rings. The van der Waals surface area contributed by atoms with Gasteiger partial charge in [0.2, 0.25) is 0 Å². The molecule has 1 aromatic heterocycles. The third-order valence-electron chi connectivity index (χ3n) is 4.64. The van der Waals surface area contributed by atoms with Crippen LogP contribution in [0.5, 0.6) is 5.75 Å². The van der Waals surface area contributed by atoms with Crippen molar-refractivity contribution in [3.63, 3.8) is 0 Å². The van der Waals surface area contributed by atoms with Gasteiger partial charge in [0, 0.05) is 55.6 Å². The number of thiazole rings is 1. The number of aliphatic imine (C=N–C) groups is 1. The Morgan fingerprint density at radius 2 is 2.30 bits per heavy atom. The van der Waals surface area contributed by atoms with Crippen molar-refractivity contribution in [3.8, 4) is 5.75 Å². The molecule has 2 N–H and O–H groups in total. The molecule has 30 heavy (non-hydrogen) atoms. The maximum Gasteiger partial charge on any atom is 0.191 e. The normalized spacial score (nSPS) is 16.2. The van der Waals surface area contributed by atoms with E-state index in [1.165, 1.54) is 5.56 Å². The minimum atomic E-state index is 0. The zero-order chi connectivity index (χ0) is 20.3. The largest absolute Gasteiger partial charge is 0.493 e. The second kappa shape index (κ2) is 14.1. The Bertz CT molecular complexity index is 768. The van der Waals surface area contributed by atoms with Crippen LogP contribution >= 0.6 is 47.1 Å². The smallest absolute Gasteiger partial charge is 0.191 e. The Morgan fingerprint density at radius 1 is 1.40 bits per heavy atom. The van der Waals surface area contributed by atoms with Gasteiger partial charge >= 0.3 is 0 Å². The molecular weight excluding hydrogens is 531 g/mol. The van der Waals surface area contributed by atoms with Gasteiger partial charge in [-0.05, 0) is 31.4 Å². The average molecular weight is 563 g/mol. The van der Waals surface area contributed by atoms with Crippen LogP contribution in [0.2, 0.25) is 0 Å². The summed E-state index contributed by atoms with van der Waals surface area (Å²) in [5.74, 6) is 3.28. The van der Waals surface area contributed by atoms with Crippen molar-refractivity contribution < 1.29 is 9.47 Å². The van der Waals surface area contributed by atoms with E-state index >= 15 is 0 Å². The zero-order valence-corrected chi connectivity index (χ0v) is 21.5. The lowest BCUT2D eigenvalue weighted by molar-refractivity contribution is 0.166. The lowest BCUT2D eigenvalue weighted by Crippen LogP contribution is -2.37. The van der Waals surface area contributed by atoms with Gasteiger partial charge in [-0.25, -0.2) is 4.98 Å². The molecule has 1 aromatic carbocycles. The Morgan fingerprint density at radius 3 is 3.03 bits per heavy atom. The van der Waals surface area contributed by atoms with E-state index in [-0.39, 0.29) is 24.0 Å². The molecule has 3 rings (SSSR count). The number of halogens is 1. The van der Waals surface area contributed by atoms with E-state index in [1.807, 2.05) is 11.6 Å². The van der Waals surface area contributed by atoms with Crippen LogP contribution in [0.3, 0.4) is 0 Å². The van der Waals surface area contributed by atoms with Crippen molar-refractivity contribution in [1.29, 1.82) is 0 Å². The van der Waals surface area contributed by atoms with Gasteiger partial charge in [-0.1, -0.05) is 23.9 Å². The van der Waals surface area contributed by atoms with E-state index in [0.29, 0.717) is 19.1 Å². The van der Waals surface area contributed by atoms with Gasteiger partial charge in [-0.15, -0.1) is 35.3 Å². The lowest BCUT2D eigenvalue weighted by Gasteiger charge is -2.17. The minimum Gasteiger partial charge on any atom is -0.493 e. The van der Waals surface area contributed by atoms with Crippen LogP contribution in [0.1, 0.15) is 24.0 Å². The maximum atomic E-state index is 6.13. The van der Waals surface area contributed by atoms with Crippen LogP contribution in [-0.4, -0.2) is 50.1 Å². The fourth-order valence-corrected chi connectivity index (χ4v) is 4.63. The average Bonchev–Trinajstić information content (AvgIpc) is 3.43. The number of aromatic nitrogens is 1. The predicted octanol–water partition coefficient (Wildman–Crippen LogP) is 4.33. The molecule has 0 spiro atoms. The monoisotopic (exact) mass is 562 g/mol. The van der Waals surface area contributed by atoms with Crippen LogP contribution in [-0.2, 0) is 11.3 Å². The Hall–Kier alpha value is -1.04. The van der Waals surface area contributed by atoms with E-state index in [0.717, 1.165) is 60.0 Å². The fourth-order valence-electron chi connectivity index (χ4n) is 2.98. The first-order valence-electron chi connectivity index (χ1n) is 10.0. The number of nitrogens with one attached hydrogen (secondary N) is 2. The summed E-state index contributed by atoms with van der Waals surface area (Å²) in [6, 6.07) is 6.36. The first-order chi connectivity index (χ1) is 14.2. The molecule has 1 saturated heterocycles. The van der Waals surface area contributed by atoms with Gasteiger partial charge in [-0.2, -0.15) is 0 Å². The van der Waals surface area contributed by atoms with Crippen LogP contribution in [0, 0.1) is 12.8 Å². The number of rotatable bonds is 10. The number of benzene rings is 1. The summed E-state index contributed by atoms with van der Waals surface area (Å²) in [5, 5.41) is 8.78.